The van der Waals surface area contributed by atoms with E-state index in [0.717, 1.165) is 28.4 Å². The lowest BCUT2D eigenvalue weighted by molar-refractivity contribution is 0.380. The van der Waals surface area contributed by atoms with E-state index in [-0.39, 0.29) is 16.2 Å². The Hall–Kier alpha value is -1.74. The van der Waals surface area contributed by atoms with Gasteiger partial charge in [-0.2, -0.15) is 0 Å². The Bertz CT molecular complexity index is 1190. The fraction of sp³-hybridized carbons (Fsp3) is 0.571. The van der Waals surface area contributed by atoms with Gasteiger partial charge in [-0.1, -0.05) is 81.4 Å². The van der Waals surface area contributed by atoms with E-state index < -0.39 is 8.24 Å². The second kappa shape index (κ2) is 9.13. The van der Waals surface area contributed by atoms with Gasteiger partial charge in [0.15, 0.2) is 0 Å². The van der Waals surface area contributed by atoms with Crippen LogP contribution in [0.5, 0.6) is 0 Å². The van der Waals surface area contributed by atoms with Crippen LogP contribution in [0.4, 0.5) is 0 Å². The first kappa shape index (κ1) is 25.9. The Morgan fingerprint density at radius 3 is 1.73 bits per heavy atom. The van der Waals surface area contributed by atoms with Crippen molar-refractivity contribution in [3.8, 4) is 0 Å². The molecule has 0 radical (unpaired) electrons. The van der Waals surface area contributed by atoms with Crippen LogP contribution in [0, 0.1) is 0 Å². The maximum atomic E-state index is 6.57. The monoisotopic (exact) mass is 471 g/mol. The zero-order chi connectivity index (χ0) is 24.8. The van der Waals surface area contributed by atoms with Crippen LogP contribution in [0.15, 0.2) is 32.7 Å². The summed E-state index contributed by atoms with van der Waals surface area (Å²) in [6, 6.07) is 9.14. The highest BCUT2D eigenvalue weighted by molar-refractivity contribution is 7.31. The second-order valence-electron chi connectivity index (χ2n) is 12.1. The van der Waals surface area contributed by atoms with Crippen LogP contribution in [0.1, 0.15) is 91.5 Å². The van der Waals surface area contributed by atoms with Gasteiger partial charge in [-0.15, -0.1) is 0 Å². The molecule has 0 saturated heterocycles. The van der Waals surface area contributed by atoms with Gasteiger partial charge in [0.25, 0.3) is 0 Å². The number of rotatable bonds is 4. The smallest absolute Gasteiger partial charge is 0.387 e. The summed E-state index contributed by atoms with van der Waals surface area (Å²) in [6.07, 6.45) is 0.954. The van der Waals surface area contributed by atoms with Gasteiger partial charge >= 0.3 is 8.24 Å². The third-order valence-electron chi connectivity index (χ3n) is 6.06. The first-order valence-corrected chi connectivity index (χ1v) is 13.1. The molecule has 2 aromatic carbocycles. The van der Waals surface area contributed by atoms with Crippen molar-refractivity contribution in [1.29, 1.82) is 0 Å². The Labute approximate surface area is 200 Å². The molecule has 3 rings (SSSR count). The first-order chi connectivity index (χ1) is 15.2. The van der Waals surface area contributed by atoms with Crippen LogP contribution in [-0.4, -0.2) is 13.2 Å². The van der Waals surface area contributed by atoms with Gasteiger partial charge in [-0.3, -0.25) is 4.52 Å². The molecule has 4 nitrogen and oxygen atoms in total. The van der Waals surface area contributed by atoms with Crippen molar-refractivity contribution in [3.05, 3.63) is 46.5 Å². The third-order valence-corrected chi connectivity index (χ3v) is 7.12. The van der Waals surface area contributed by atoms with E-state index in [4.69, 9.17) is 18.7 Å². The van der Waals surface area contributed by atoms with Gasteiger partial charge in [0, 0.05) is 28.4 Å². The van der Waals surface area contributed by atoms with Gasteiger partial charge in [0.2, 0.25) is 0 Å². The molecule has 5 heteroatoms. The number of fused-ring (bicyclic) bond motifs is 3. The Morgan fingerprint density at radius 1 is 0.758 bits per heavy atom. The lowest BCUT2D eigenvalue weighted by atomic mass is 9.79. The molecule has 1 unspecified atom stereocenters. The molecule has 0 fully saturated rings. The molecule has 0 spiro atoms. The average Bonchev–Trinajstić information content (AvgIpc) is 2.84. The van der Waals surface area contributed by atoms with E-state index in [1.165, 1.54) is 22.3 Å². The van der Waals surface area contributed by atoms with E-state index in [9.17, 15) is 0 Å². The van der Waals surface area contributed by atoms with Crippen molar-refractivity contribution < 1.29 is 12.9 Å². The highest BCUT2D eigenvalue weighted by Crippen LogP contribution is 2.43. The van der Waals surface area contributed by atoms with Crippen molar-refractivity contribution >= 4 is 30.2 Å². The van der Waals surface area contributed by atoms with Crippen LogP contribution in [0.25, 0.3) is 21.9 Å². The Balaban J connectivity index is 2.68. The van der Waals surface area contributed by atoms with Crippen LogP contribution in [0.2, 0.25) is 0 Å². The standard InChI is InChI=1S/C28H42NO3P/c1-11-18-14-20-21-16-19(26(2,3)4)17-23(28(8,9)10)25(21)32-33(30-13-12-29)31-24(20)22(15-18)27(5,6)7/h14-17H,11-13,29H2,1-10H3. The third kappa shape index (κ3) is 5.50. The zero-order valence-corrected chi connectivity index (χ0v) is 23.1. The van der Waals surface area contributed by atoms with Crippen LogP contribution < -0.4 is 10.3 Å². The molecule has 1 heterocycles. The summed E-state index contributed by atoms with van der Waals surface area (Å²) in [5, 5.41) is 2.18. The van der Waals surface area contributed by atoms with Crippen molar-refractivity contribution in [1.82, 2.24) is 0 Å². The van der Waals surface area contributed by atoms with Gasteiger partial charge in [-0.05, 0) is 45.9 Å². The summed E-state index contributed by atoms with van der Waals surface area (Å²) in [6.45, 7) is 23.2. The molecule has 33 heavy (non-hydrogen) atoms. The normalized spacial score (nSPS) is 13.7. The van der Waals surface area contributed by atoms with Crippen molar-refractivity contribution in [2.45, 2.75) is 91.9 Å². The largest absolute Gasteiger partial charge is 0.399 e. The summed E-state index contributed by atoms with van der Waals surface area (Å²) in [4.78, 5) is 0. The molecule has 0 aliphatic heterocycles. The zero-order valence-electron chi connectivity index (χ0n) is 22.2. The maximum absolute atomic E-state index is 6.57. The maximum Gasteiger partial charge on any atom is 0.387 e. The molecular weight excluding hydrogens is 429 g/mol. The van der Waals surface area contributed by atoms with E-state index in [1.807, 2.05) is 0 Å². The van der Waals surface area contributed by atoms with Gasteiger partial charge in [0.05, 0.1) is 6.61 Å². The molecule has 3 aromatic rings. The van der Waals surface area contributed by atoms with Gasteiger partial charge < -0.3 is 14.1 Å². The quantitative estimate of drug-likeness (QED) is 0.417. The predicted molar refractivity (Wildman–Crippen MR) is 142 cm³/mol. The summed E-state index contributed by atoms with van der Waals surface area (Å²) in [7, 11) is -1.64. The topological polar surface area (TPSA) is 61.5 Å². The summed E-state index contributed by atoms with van der Waals surface area (Å²) >= 11 is 0. The number of aryl methyl sites for hydroxylation is 1. The number of hydrogen-bond donors (Lipinski definition) is 1. The Kier molecular flexibility index (Phi) is 7.16. The van der Waals surface area contributed by atoms with Crippen LogP contribution in [-0.2, 0) is 22.7 Å². The summed E-state index contributed by atoms with van der Waals surface area (Å²) in [5.74, 6) is 0. The summed E-state index contributed by atoms with van der Waals surface area (Å²) in [5.41, 5.74) is 12.2. The van der Waals surface area contributed by atoms with Gasteiger partial charge in [0.1, 0.15) is 11.2 Å². The molecule has 1 aromatic heterocycles. The number of nitrogens with two attached hydrogens (primary N) is 1. The van der Waals surface area contributed by atoms with E-state index in [2.05, 4.69) is 93.5 Å². The fourth-order valence-corrected chi connectivity index (χ4v) is 5.10. The Morgan fingerprint density at radius 2 is 1.27 bits per heavy atom. The second-order valence-corrected chi connectivity index (χ2v) is 13.1. The van der Waals surface area contributed by atoms with Crippen molar-refractivity contribution in [2.24, 2.45) is 5.73 Å². The lowest BCUT2D eigenvalue weighted by Gasteiger charge is -2.26. The molecule has 0 saturated carbocycles. The minimum absolute atomic E-state index is 0.00162. The highest BCUT2D eigenvalue weighted by Gasteiger charge is 2.27. The average molecular weight is 472 g/mol. The minimum Gasteiger partial charge on any atom is -0.399 e. The van der Waals surface area contributed by atoms with Crippen LogP contribution in [0.3, 0.4) is 0 Å². The molecular formula is C28H42NO3P. The summed E-state index contributed by atoms with van der Waals surface area (Å²) < 4.78 is 19.1. The minimum atomic E-state index is -1.64. The molecule has 2 N–H and O–H groups in total. The lowest BCUT2D eigenvalue weighted by Crippen LogP contribution is -2.16. The fourth-order valence-electron chi connectivity index (χ4n) is 4.01. The van der Waals surface area contributed by atoms with E-state index in [1.54, 1.807) is 0 Å². The van der Waals surface area contributed by atoms with E-state index >= 15 is 0 Å². The SMILES string of the molecule is CCc1cc(C(C)(C)C)c2op(OCCN)oc3c(C(C)(C)C)cc(C(C)(C)C)cc3c2c1. The van der Waals surface area contributed by atoms with Crippen molar-refractivity contribution in [2.75, 3.05) is 13.2 Å². The van der Waals surface area contributed by atoms with E-state index in [0.29, 0.717) is 13.2 Å². The highest BCUT2D eigenvalue weighted by atomic mass is 31.1. The molecule has 1 atom stereocenters. The predicted octanol–water partition coefficient (Wildman–Crippen LogP) is 8.13. The first-order valence-electron chi connectivity index (χ1n) is 12.0. The molecule has 182 valence electrons. The number of benzene rings is 2. The van der Waals surface area contributed by atoms with Crippen LogP contribution >= 0.6 is 8.24 Å². The molecule has 0 amide bonds. The molecule has 0 aliphatic carbocycles. The van der Waals surface area contributed by atoms with Gasteiger partial charge in [-0.25, -0.2) is 0 Å². The molecule has 0 bridgehead atoms. The number of hydrogen-bond acceptors (Lipinski definition) is 4. The van der Waals surface area contributed by atoms with Crippen molar-refractivity contribution in [3.63, 3.8) is 0 Å². The molecule has 0 aliphatic rings.